The monoisotopic (exact) mass is 343 g/mol. The number of nitrogens with zero attached hydrogens (tertiary/aromatic N) is 1. The van der Waals surface area contributed by atoms with Crippen LogP contribution < -0.4 is 10.2 Å². The fourth-order valence-electron chi connectivity index (χ4n) is 2.35. The van der Waals surface area contributed by atoms with Gasteiger partial charge in [0.1, 0.15) is 11.1 Å². The topological polar surface area (TPSA) is 73.3 Å². The van der Waals surface area contributed by atoms with Crippen molar-refractivity contribution in [3.05, 3.63) is 60.4 Å². The summed E-state index contributed by atoms with van der Waals surface area (Å²) in [4.78, 5) is 25.9. The maximum absolute atomic E-state index is 12.9. The molecule has 1 atom stereocenters. The predicted molar refractivity (Wildman–Crippen MR) is 92.7 cm³/mol. The van der Waals surface area contributed by atoms with Crippen molar-refractivity contribution in [1.29, 1.82) is 5.41 Å². The first-order valence-electron chi connectivity index (χ1n) is 7.24. The second kappa shape index (κ2) is 6.84. The average Bonchev–Trinajstić information content (AvgIpc) is 2.84. The van der Waals surface area contributed by atoms with Gasteiger partial charge in [0, 0.05) is 12.1 Å². The van der Waals surface area contributed by atoms with E-state index in [2.05, 4.69) is 5.32 Å². The van der Waals surface area contributed by atoms with Crippen LogP contribution in [-0.4, -0.2) is 22.2 Å². The van der Waals surface area contributed by atoms with Crippen molar-refractivity contribution in [2.45, 2.75) is 11.7 Å². The number of carbonyl (C=O) groups excluding carboxylic acids is 2. The Hall–Kier alpha value is -2.67. The summed E-state index contributed by atoms with van der Waals surface area (Å²) in [6.45, 7) is 0. The first-order chi connectivity index (χ1) is 11.5. The molecule has 0 bridgehead atoms. The van der Waals surface area contributed by atoms with Crippen LogP contribution in [0.4, 0.5) is 15.8 Å². The first kappa shape index (κ1) is 16.2. The molecule has 24 heavy (non-hydrogen) atoms. The van der Waals surface area contributed by atoms with E-state index < -0.39 is 5.25 Å². The molecule has 1 aliphatic rings. The minimum absolute atomic E-state index is 0.0490. The van der Waals surface area contributed by atoms with Crippen LogP contribution in [0.15, 0.2) is 54.6 Å². The molecule has 1 aliphatic heterocycles. The quantitative estimate of drug-likeness (QED) is 0.895. The van der Waals surface area contributed by atoms with Gasteiger partial charge in [-0.05, 0) is 36.4 Å². The molecule has 0 saturated carbocycles. The van der Waals surface area contributed by atoms with Crippen molar-refractivity contribution in [2.24, 2.45) is 0 Å². The lowest BCUT2D eigenvalue weighted by atomic mass is 10.2. The molecule has 0 aliphatic carbocycles. The van der Waals surface area contributed by atoms with Crippen LogP contribution in [0.2, 0.25) is 0 Å². The molecular formula is C17H14FN3O2S. The van der Waals surface area contributed by atoms with E-state index in [9.17, 15) is 14.0 Å². The van der Waals surface area contributed by atoms with Gasteiger partial charge in [-0.1, -0.05) is 30.0 Å². The highest BCUT2D eigenvalue weighted by atomic mass is 32.2. The Morgan fingerprint density at radius 3 is 2.50 bits per heavy atom. The summed E-state index contributed by atoms with van der Waals surface area (Å²) in [5.74, 6) is -1.03. The number of carbonyl (C=O) groups is 2. The minimum atomic E-state index is -0.641. The van der Waals surface area contributed by atoms with E-state index in [0.29, 0.717) is 11.4 Å². The van der Waals surface area contributed by atoms with Gasteiger partial charge in [-0.2, -0.15) is 0 Å². The van der Waals surface area contributed by atoms with Crippen LogP contribution in [0, 0.1) is 11.2 Å². The molecule has 0 aromatic heterocycles. The Bertz CT molecular complexity index is 780. The van der Waals surface area contributed by atoms with Crippen LogP contribution in [-0.2, 0) is 9.59 Å². The van der Waals surface area contributed by atoms with Gasteiger partial charge < -0.3 is 5.32 Å². The van der Waals surface area contributed by atoms with Gasteiger partial charge >= 0.3 is 0 Å². The molecule has 1 heterocycles. The maximum atomic E-state index is 12.9. The molecule has 2 amide bonds. The zero-order valence-electron chi connectivity index (χ0n) is 12.5. The number of thioether (sulfide) groups is 1. The van der Waals surface area contributed by atoms with Crippen LogP contribution in [0.25, 0.3) is 0 Å². The lowest BCUT2D eigenvalue weighted by Crippen LogP contribution is -2.33. The van der Waals surface area contributed by atoms with Crippen LogP contribution in [0.3, 0.4) is 0 Å². The standard InChI is InChI=1S/C17H14FN3O2S/c18-11-6-8-12(9-7-11)20-15(22)10-14-16(23)21(17(19)24-14)13-4-2-1-3-5-13/h1-9,14,19H,10H2,(H,20,22). The van der Waals surface area contributed by atoms with Gasteiger partial charge in [-0.25, -0.2) is 4.39 Å². The SMILES string of the molecule is N=C1SC(CC(=O)Nc2ccc(F)cc2)C(=O)N1c1ccccc1. The van der Waals surface area contributed by atoms with E-state index in [0.717, 1.165) is 11.8 Å². The van der Waals surface area contributed by atoms with Crippen molar-refractivity contribution in [3.8, 4) is 0 Å². The van der Waals surface area contributed by atoms with E-state index in [1.165, 1.54) is 29.2 Å². The summed E-state index contributed by atoms with van der Waals surface area (Å²) in [5.41, 5.74) is 1.08. The number of benzene rings is 2. The Labute approximate surface area is 142 Å². The molecule has 2 N–H and O–H groups in total. The van der Waals surface area contributed by atoms with Crippen LogP contribution in [0.5, 0.6) is 0 Å². The highest BCUT2D eigenvalue weighted by molar-refractivity contribution is 8.16. The second-order valence-corrected chi connectivity index (χ2v) is 6.37. The third-order valence-corrected chi connectivity index (χ3v) is 4.52. The zero-order chi connectivity index (χ0) is 17.1. The van der Waals surface area contributed by atoms with Crippen molar-refractivity contribution in [3.63, 3.8) is 0 Å². The Morgan fingerprint density at radius 1 is 1.17 bits per heavy atom. The predicted octanol–water partition coefficient (Wildman–Crippen LogP) is 3.24. The molecular weight excluding hydrogens is 329 g/mol. The van der Waals surface area contributed by atoms with Crippen LogP contribution in [0.1, 0.15) is 6.42 Å². The molecule has 1 unspecified atom stereocenters. The first-order valence-corrected chi connectivity index (χ1v) is 8.12. The van der Waals surface area contributed by atoms with Crippen molar-refractivity contribution in [2.75, 3.05) is 10.2 Å². The Morgan fingerprint density at radius 2 is 1.83 bits per heavy atom. The summed E-state index contributed by atoms with van der Waals surface area (Å²) < 4.78 is 12.9. The number of amides is 2. The summed E-state index contributed by atoms with van der Waals surface area (Å²) in [5, 5.41) is 10.1. The number of hydrogen-bond acceptors (Lipinski definition) is 4. The molecule has 3 rings (SSSR count). The van der Waals surface area contributed by atoms with E-state index in [1.807, 2.05) is 6.07 Å². The molecule has 0 radical (unpaired) electrons. The smallest absolute Gasteiger partial charge is 0.247 e. The number of anilines is 2. The van der Waals surface area contributed by atoms with Gasteiger partial charge in [-0.15, -0.1) is 0 Å². The molecule has 1 fully saturated rings. The Balaban J connectivity index is 1.65. The molecule has 1 saturated heterocycles. The number of amidine groups is 1. The molecule has 122 valence electrons. The van der Waals surface area contributed by atoms with Gasteiger partial charge in [-0.3, -0.25) is 19.9 Å². The molecule has 0 spiro atoms. The van der Waals surface area contributed by atoms with Crippen molar-refractivity contribution >= 4 is 40.1 Å². The van der Waals surface area contributed by atoms with Crippen molar-refractivity contribution < 1.29 is 14.0 Å². The highest BCUT2D eigenvalue weighted by Crippen LogP contribution is 2.32. The van der Waals surface area contributed by atoms with E-state index in [-0.39, 0.29) is 29.2 Å². The molecule has 5 nitrogen and oxygen atoms in total. The van der Waals surface area contributed by atoms with Crippen molar-refractivity contribution in [1.82, 2.24) is 0 Å². The van der Waals surface area contributed by atoms with E-state index >= 15 is 0 Å². The fourth-order valence-corrected chi connectivity index (χ4v) is 3.36. The molecule has 2 aromatic rings. The minimum Gasteiger partial charge on any atom is -0.326 e. The largest absolute Gasteiger partial charge is 0.326 e. The van der Waals surface area contributed by atoms with Gasteiger partial charge in [0.05, 0.1) is 5.69 Å². The summed E-state index contributed by atoms with van der Waals surface area (Å²) in [7, 11) is 0. The number of hydrogen-bond donors (Lipinski definition) is 2. The van der Waals surface area contributed by atoms with E-state index in [1.54, 1.807) is 24.3 Å². The zero-order valence-corrected chi connectivity index (χ0v) is 13.3. The second-order valence-electron chi connectivity index (χ2n) is 5.18. The fraction of sp³-hybridized carbons (Fsp3) is 0.118. The highest BCUT2D eigenvalue weighted by Gasteiger charge is 2.39. The van der Waals surface area contributed by atoms with Gasteiger partial charge in [0.15, 0.2) is 5.17 Å². The number of halogens is 1. The molecule has 2 aromatic carbocycles. The normalized spacial score (nSPS) is 17.2. The van der Waals surface area contributed by atoms with E-state index in [4.69, 9.17) is 5.41 Å². The average molecular weight is 343 g/mol. The molecule has 7 heteroatoms. The lowest BCUT2D eigenvalue weighted by Gasteiger charge is -2.15. The summed E-state index contributed by atoms with van der Waals surface area (Å²) in [6.07, 6.45) is -0.0490. The van der Waals surface area contributed by atoms with Crippen LogP contribution >= 0.6 is 11.8 Å². The number of rotatable bonds is 4. The third-order valence-electron chi connectivity index (χ3n) is 3.47. The Kier molecular flexibility index (Phi) is 4.61. The third kappa shape index (κ3) is 3.46. The number of para-hydroxylation sites is 1. The summed E-state index contributed by atoms with van der Waals surface area (Å²) in [6, 6.07) is 14.3. The summed E-state index contributed by atoms with van der Waals surface area (Å²) >= 11 is 1.06. The lowest BCUT2D eigenvalue weighted by molar-refractivity contribution is -0.121. The number of nitrogens with one attached hydrogen (secondary N) is 2. The van der Waals surface area contributed by atoms with Gasteiger partial charge in [0.25, 0.3) is 0 Å². The maximum Gasteiger partial charge on any atom is 0.247 e. The van der Waals surface area contributed by atoms with Gasteiger partial charge in [0.2, 0.25) is 11.8 Å².